The predicted octanol–water partition coefficient (Wildman–Crippen LogP) is 2.34. The molecule has 4 heteroatoms. The second-order valence-corrected chi connectivity index (χ2v) is 3.69. The van der Waals surface area contributed by atoms with Crippen LogP contribution < -0.4 is 0 Å². The molecule has 0 spiro atoms. The number of rotatable bonds is 3. The minimum Gasteiger partial charge on any atom is -0.506 e. The lowest BCUT2D eigenvalue weighted by Crippen LogP contribution is -2.05. The fourth-order valence-corrected chi connectivity index (χ4v) is 1.39. The molecular weight excluding hydrogens is 295 g/mol. The van der Waals surface area contributed by atoms with Crippen molar-refractivity contribution >= 4 is 28.6 Å². The van der Waals surface area contributed by atoms with Gasteiger partial charge in [0.05, 0.1) is 3.57 Å². The maximum atomic E-state index is 11.3. The lowest BCUT2D eigenvalue weighted by Gasteiger charge is -2.04. The monoisotopic (exact) mass is 304 g/mol. The van der Waals surface area contributed by atoms with Crippen molar-refractivity contribution in [2.45, 2.75) is 0 Å². The fourth-order valence-electron chi connectivity index (χ4n) is 0.892. The SMILES string of the molecule is C=CCOC(=O)c1cccc(I)c1O. The molecule has 0 aliphatic carbocycles. The molecule has 0 aliphatic heterocycles. The first-order valence-electron chi connectivity index (χ1n) is 3.92. The van der Waals surface area contributed by atoms with E-state index in [-0.39, 0.29) is 17.9 Å². The molecule has 74 valence electrons. The Hall–Kier alpha value is -1.04. The van der Waals surface area contributed by atoms with Crippen molar-refractivity contribution in [3.8, 4) is 5.75 Å². The molecule has 1 aromatic rings. The van der Waals surface area contributed by atoms with Crippen molar-refractivity contribution in [2.75, 3.05) is 6.61 Å². The molecule has 0 heterocycles. The van der Waals surface area contributed by atoms with Crippen molar-refractivity contribution in [2.24, 2.45) is 0 Å². The Morgan fingerprint density at radius 3 is 3.00 bits per heavy atom. The van der Waals surface area contributed by atoms with E-state index in [1.54, 1.807) is 12.1 Å². The summed E-state index contributed by atoms with van der Waals surface area (Å²) in [6, 6.07) is 4.91. The standard InChI is InChI=1S/C10H9IO3/c1-2-6-14-10(13)7-4-3-5-8(11)9(7)12/h2-5,12H,1,6H2. The molecule has 0 bridgehead atoms. The van der Waals surface area contributed by atoms with Crippen LogP contribution in [-0.4, -0.2) is 17.7 Å². The summed E-state index contributed by atoms with van der Waals surface area (Å²) in [5.74, 6) is -0.580. The maximum absolute atomic E-state index is 11.3. The second-order valence-electron chi connectivity index (χ2n) is 2.52. The minimum absolute atomic E-state index is 0.0397. The average Bonchev–Trinajstić information content (AvgIpc) is 2.18. The summed E-state index contributed by atoms with van der Waals surface area (Å²) in [5.41, 5.74) is 0.179. The zero-order valence-electron chi connectivity index (χ0n) is 7.37. The van der Waals surface area contributed by atoms with Crippen LogP contribution in [0.1, 0.15) is 10.4 Å². The van der Waals surface area contributed by atoms with E-state index in [4.69, 9.17) is 4.74 Å². The number of hydrogen-bond donors (Lipinski definition) is 1. The van der Waals surface area contributed by atoms with E-state index in [9.17, 15) is 9.90 Å². The first kappa shape index (κ1) is 11.0. The number of para-hydroxylation sites is 1. The number of aromatic hydroxyl groups is 1. The molecule has 3 nitrogen and oxygen atoms in total. The Morgan fingerprint density at radius 2 is 2.36 bits per heavy atom. The molecule has 0 aliphatic rings. The van der Waals surface area contributed by atoms with Gasteiger partial charge in [0.2, 0.25) is 0 Å². The third kappa shape index (κ3) is 2.47. The third-order valence-corrected chi connectivity index (χ3v) is 2.41. The van der Waals surface area contributed by atoms with E-state index in [1.165, 1.54) is 12.1 Å². The van der Waals surface area contributed by atoms with Gasteiger partial charge in [-0.2, -0.15) is 0 Å². The second kappa shape index (κ2) is 4.99. The van der Waals surface area contributed by atoms with Crippen LogP contribution in [0.5, 0.6) is 5.75 Å². The molecular formula is C10H9IO3. The van der Waals surface area contributed by atoms with E-state index in [0.29, 0.717) is 3.57 Å². The fraction of sp³-hybridized carbons (Fsp3) is 0.100. The molecule has 0 fully saturated rings. The Kier molecular flexibility index (Phi) is 3.94. The van der Waals surface area contributed by atoms with Gasteiger partial charge < -0.3 is 9.84 Å². The van der Waals surface area contributed by atoms with Gasteiger partial charge in [0.15, 0.2) is 0 Å². The summed E-state index contributed by atoms with van der Waals surface area (Å²) < 4.78 is 5.41. The zero-order chi connectivity index (χ0) is 10.6. The number of carbonyl (C=O) groups excluding carboxylic acids is 1. The molecule has 0 aromatic heterocycles. The van der Waals surface area contributed by atoms with Crippen molar-refractivity contribution in [1.82, 2.24) is 0 Å². The average molecular weight is 304 g/mol. The topological polar surface area (TPSA) is 46.5 Å². The Labute approximate surface area is 95.5 Å². The number of phenols is 1. The number of phenolic OH excluding ortho intramolecular Hbond substituents is 1. The molecule has 0 atom stereocenters. The van der Waals surface area contributed by atoms with Gasteiger partial charge in [-0.25, -0.2) is 4.79 Å². The van der Waals surface area contributed by atoms with Crippen molar-refractivity contribution in [3.63, 3.8) is 0 Å². The van der Waals surface area contributed by atoms with Gasteiger partial charge in [-0.05, 0) is 34.7 Å². The molecule has 0 unspecified atom stereocenters. The lowest BCUT2D eigenvalue weighted by atomic mass is 10.2. The van der Waals surface area contributed by atoms with Crippen LogP contribution >= 0.6 is 22.6 Å². The maximum Gasteiger partial charge on any atom is 0.342 e. The van der Waals surface area contributed by atoms with Crippen molar-refractivity contribution < 1.29 is 14.6 Å². The molecule has 0 radical (unpaired) electrons. The number of carbonyl (C=O) groups is 1. The molecule has 1 rings (SSSR count). The molecule has 1 aromatic carbocycles. The van der Waals surface area contributed by atoms with Gasteiger partial charge in [-0.15, -0.1) is 0 Å². The van der Waals surface area contributed by atoms with E-state index in [1.807, 2.05) is 22.6 Å². The first-order valence-corrected chi connectivity index (χ1v) is 5.00. The van der Waals surface area contributed by atoms with Crippen molar-refractivity contribution in [3.05, 3.63) is 40.0 Å². The number of hydrogen-bond acceptors (Lipinski definition) is 3. The van der Waals surface area contributed by atoms with Gasteiger partial charge in [0, 0.05) is 0 Å². The van der Waals surface area contributed by atoms with E-state index in [2.05, 4.69) is 6.58 Å². The molecule has 0 saturated heterocycles. The highest BCUT2D eigenvalue weighted by molar-refractivity contribution is 14.1. The summed E-state index contributed by atoms with van der Waals surface area (Å²) in [7, 11) is 0. The number of halogens is 1. The largest absolute Gasteiger partial charge is 0.506 e. The van der Waals surface area contributed by atoms with E-state index < -0.39 is 5.97 Å². The predicted molar refractivity (Wildman–Crippen MR) is 61.3 cm³/mol. The normalized spacial score (nSPS) is 9.50. The smallest absolute Gasteiger partial charge is 0.342 e. The first-order chi connectivity index (χ1) is 6.66. The van der Waals surface area contributed by atoms with Crippen LogP contribution in [-0.2, 0) is 4.74 Å². The quantitative estimate of drug-likeness (QED) is 0.530. The van der Waals surface area contributed by atoms with Crippen LogP contribution in [0.3, 0.4) is 0 Å². The summed E-state index contributed by atoms with van der Waals surface area (Å²) in [5, 5.41) is 9.53. The van der Waals surface area contributed by atoms with Crippen LogP contribution in [0.15, 0.2) is 30.9 Å². The van der Waals surface area contributed by atoms with Crippen LogP contribution in [0, 0.1) is 3.57 Å². The molecule has 0 amide bonds. The van der Waals surface area contributed by atoms with Gasteiger partial charge in [0.25, 0.3) is 0 Å². The van der Waals surface area contributed by atoms with Crippen molar-refractivity contribution in [1.29, 1.82) is 0 Å². The summed E-state index contributed by atoms with van der Waals surface area (Å²) in [6.45, 7) is 3.57. The molecule has 14 heavy (non-hydrogen) atoms. The highest BCUT2D eigenvalue weighted by Crippen LogP contribution is 2.24. The summed E-state index contributed by atoms with van der Waals surface area (Å²) >= 11 is 1.94. The number of esters is 1. The van der Waals surface area contributed by atoms with E-state index >= 15 is 0 Å². The zero-order valence-corrected chi connectivity index (χ0v) is 9.52. The van der Waals surface area contributed by atoms with Crippen LogP contribution in [0.4, 0.5) is 0 Å². The summed E-state index contributed by atoms with van der Waals surface area (Å²) in [4.78, 5) is 11.3. The Morgan fingerprint density at radius 1 is 1.64 bits per heavy atom. The van der Waals surface area contributed by atoms with Gasteiger partial charge >= 0.3 is 5.97 Å². The Balaban J connectivity index is 2.89. The number of benzene rings is 1. The van der Waals surface area contributed by atoms with Gasteiger partial charge in [-0.1, -0.05) is 18.7 Å². The van der Waals surface area contributed by atoms with E-state index in [0.717, 1.165) is 0 Å². The molecule has 1 N–H and O–H groups in total. The minimum atomic E-state index is -0.541. The summed E-state index contributed by atoms with van der Waals surface area (Å²) in [6.07, 6.45) is 1.48. The van der Waals surface area contributed by atoms with Gasteiger partial charge in [-0.3, -0.25) is 0 Å². The van der Waals surface area contributed by atoms with Gasteiger partial charge in [0.1, 0.15) is 17.9 Å². The highest BCUT2D eigenvalue weighted by atomic mass is 127. The molecule has 0 saturated carbocycles. The van der Waals surface area contributed by atoms with Crippen LogP contribution in [0.2, 0.25) is 0 Å². The number of ether oxygens (including phenoxy) is 1. The lowest BCUT2D eigenvalue weighted by molar-refractivity contribution is 0.0546. The Bertz CT molecular complexity index is 360. The van der Waals surface area contributed by atoms with Crippen LogP contribution in [0.25, 0.3) is 0 Å². The highest BCUT2D eigenvalue weighted by Gasteiger charge is 2.13. The third-order valence-electron chi connectivity index (χ3n) is 1.54.